The van der Waals surface area contributed by atoms with Gasteiger partial charge >= 0.3 is 5.97 Å². The molecule has 10 heteroatoms. The maximum Gasteiger partial charge on any atom is 0.316 e. The number of piperidine rings is 1. The minimum atomic E-state index is -0.310. The first-order valence-electron chi connectivity index (χ1n) is 9.34. The van der Waals surface area contributed by atoms with E-state index >= 15 is 0 Å². The van der Waals surface area contributed by atoms with Gasteiger partial charge in [-0.1, -0.05) is 41.3 Å². The second-order valence-electron chi connectivity index (χ2n) is 6.39. The van der Waals surface area contributed by atoms with E-state index in [2.05, 4.69) is 15.5 Å². The number of carbonyl (C=O) groups excluding carboxylic acids is 3. The predicted octanol–water partition coefficient (Wildman–Crippen LogP) is 2.68. The summed E-state index contributed by atoms with van der Waals surface area (Å²) in [5, 5.41) is 11.1. The number of benzene rings is 1. The molecule has 2 heterocycles. The van der Waals surface area contributed by atoms with Gasteiger partial charge in [-0.3, -0.25) is 14.4 Å². The summed E-state index contributed by atoms with van der Waals surface area (Å²) in [6, 6.07) is 9.16. The Kier molecular flexibility index (Phi) is 7.59. The molecular formula is C19H22N4O4S2. The van der Waals surface area contributed by atoms with Crippen LogP contribution in [0, 0.1) is 5.92 Å². The van der Waals surface area contributed by atoms with Crippen molar-refractivity contribution < 1.29 is 19.1 Å². The summed E-state index contributed by atoms with van der Waals surface area (Å²) in [7, 11) is 0. The van der Waals surface area contributed by atoms with Crippen LogP contribution in [0.5, 0.6) is 0 Å². The molecule has 29 heavy (non-hydrogen) atoms. The lowest BCUT2D eigenvalue weighted by Crippen LogP contribution is -2.41. The first kappa shape index (κ1) is 21.3. The molecule has 0 bridgehead atoms. The van der Waals surface area contributed by atoms with Crippen molar-refractivity contribution in [3.8, 4) is 0 Å². The van der Waals surface area contributed by atoms with E-state index < -0.39 is 0 Å². The number of likely N-dealkylation sites (tertiary alicyclic amines) is 1. The summed E-state index contributed by atoms with van der Waals surface area (Å²) in [6.45, 7) is 3.18. The number of nitrogens with one attached hydrogen (secondary N) is 1. The summed E-state index contributed by atoms with van der Waals surface area (Å²) in [5.41, 5.74) is 0.664. The average molecular weight is 435 g/mol. The zero-order chi connectivity index (χ0) is 20.6. The Morgan fingerprint density at radius 1 is 1.21 bits per heavy atom. The number of carbonyl (C=O) groups is 3. The highest BCUT2D eigenvalue weighted by Crippen LogP contribution is 2.27. The molecule has 0 radical (unpaired) electrons. The van der Waals surface area contributed by atoms with Crippen LogP contribution in [0.25, 0.3) is 0 Å². The third-order valence-electron chi connectivity index (χ3n) is 4.43. The molecule has 0 spiro atoms. The summed E-state index contributed by atoms with van der Waals surface area (Å²) in [6.07, 6.45) is 1.21. The molecule has 3 rings (SSSR count). The maximum atomic E-state index is 12.5. The predicted molar refractivity (Wildman–Crippen MR) is 111 cm³/mol. The Morgan fingerprint density at radius 3 is 2.62 bits per heavy atom. The fraction of sp³-hybridized carbons (Fsp3) is 0.421. The fourth-order valence-electron chi connectivity index (χ4n) is 2.96. The molecule has 0 aliphatic carbocycles. The van der Waals surface area contributed by atoms with Gasteiger partial charge in [-0.15, -0.1) is 10.2 Å². The van der Waals surface area contributed by atoms with E-state index in [1.54, 1.807) is 24.0 Å². The van der Waals surface area contributed by atoms with Crippen LogP contribution in [-0.4, -0.2) is 58.3 Å². The molecule has 0 unspecified atom stereocenters. The van der Waals surface area contributed by atoms with Crippen molar-refractivity contribution in [2.45, 2.75) is 24.1 Å². The standard InChI is InChI=1S/C19H22N4O4S2/c1-2-27-15(24)12-28-19-22-21-18(29-19)20-16(25)13-8-10-23(11-9-13)17(26)14-6-4-3-5-7-14/h3-7,13H,2,8-12H2,1H3,(H,20,21,25). The lowest BCUT2D eigenvalue weighted by atomic mass is 9.95. The van der Waals surface area contributed by atoms with Crippen molar-refractivity contribution in [3.63, 3.8) is 0 Å². The number of thioether (sulfide) groups is 1. The Morgan fingerprint density at radius 2 is 1.93 bits per heavy atom. The second kappa shape index (κ2) is 10.4. The van der Waals surface area contributed by atoms with Crippen LogP contribution in [0.4, 0.5) is 5.13 Å². The third-order valence-corrected chi connectivity index (χ3v) is 6.37. The number of aromatic nitrogens is 2. The summed E-state index contributed by atoms with van der Waals surface area (Å²) >= 11 is 2.45. The van der Waals surface area contributed by atoms with E-state index in [0.29, 0.717) is 47.6 Å². The first-order chi connectivity index (χ1) is 14.1. The molecule has 1 N–H and O–H groups in total. The molecule has 1 fully saturated rings. The van der Waals surface area contributed by atoms with Gasteiger partial charge in [-0.25, -0.2) is 0 Å². The Labute approximate surface area is 177 Å². The topological polar surface area (TPSA) is 101 Å². The lowest BCUT2D eigenvalue weighted by molar-refractivity contribution is -0.139. The van der Waals surface area contributed by atoms with Gasteiger partial charge in [0, 0.05) is 24.6 Å². The molecule has 1 aliphatic rings. The van der Waals surface area contributed by atoms with Gasteiger partial charge in [-0.05, 0) is 31.9 Å². The van der Waals surface area contributed by atoms with Crippen LogP contribution in [0.15, 0.2) is 34.7 Å². The second-order valence-corrected chi connectivity index (χ2v) is 8.59. The average Bonchev–Trinajstić information content (AvgIpc) is 3.20. The van der Waals surface area contributed by atoms with Gasteiger partial charge in [-0.2, -0.15) is 0 Å². The van der Waals surface area contributed by atoms with Gasteiger partial charge in [0.1, 0.15) is 0 Å². The highest BCUT2D eigenvalue weighted by molar-refractivity contribution is 8.01. The van der Waals surface area contributed by atoms with Crippen LogP contribution < -0.4 is 5.32 Å². The number of nitrogens with zero attached hydrogens (tertiary/aromatic N) is 3. The van der Waals surface area contributed by atoms with Crippen molar-refractivity contribution in [2.75, 3.05) is 30.8 Å². The summed E-state index contributed by atoms with van der Waals surface area (Å²) in [4.78, 5) is 38.2. The van der Waals surface area contributed by atoms with Gasteiger partial charge < -0.3 is 15.0 Å². The van der Waals surface area contributed by atoms with E-state index in [4.69, 9.17) is 4.74 Å². The normalized spacial score (nSPS) is 14.4. The van der Waals surface area contributed by atoms with Crippen LogP contribution in [-0.2, 0) is 14.3 Å². The largest absolute Gasteiger partial charge is 0.465 e. The molecule has 8 nitrogen and oxygen atoms in total. The number of hydrogen-bond donors (Lipinski definition) is 1. The summed E-state index contributed by atoms with van der Waals surface area (Å²) in [5.74, 6) is -0.444. The molecule has 1 saturated heterocycles. The fourth-order valence-corrected chi connectivity index (χ4v) is 4.51. The molecule has 2 amide bonds. The Hall–Kier alpha value is -2.46. The van der Waals surface area contributed by atoms with E-state index in [0.717, 1.165) is 0 Å². The molecule has 2 aromatic rings. The van der Waals surface area contributed by atoms with Crippen LogP contribution in [0.1, 0.15) is 30.1 Å². The minimum Gasteiger partial charge on any atom is -0.465 e. The van der Waals surface area contributed by atoms with Crippen LogP contribution in [0.3, 0.4) is 0 Å². The molecule has 0 saturated carbocycles. The highest BCUT2D eigenvalue weighted by atomic mass is 32.2. The van der Waals surface area contributed by atoms with Crippen molar-refractivity contribution in [2.24, 2.45) is 5.92 Å². The van der Waals surface area contributed by atoms with Crippen molar-refractivity contribution >= 4 is 46.0 Å². The maximum absolute atomic E-state index is 12.5. The Bertz CT molecular complexity index is 851. The SMILES string of the molecule is CCOC(=O)CSc1nnc(NC(=O)C2CCN(C(=O)c3ccccc3)CC2)s1. The van der Waals surface area contributed by atoms with Gasteiger partial charge in [0.2, 0.25) is 11.0 Å². The molecule has 0 atom stereocenters. The van der Waals surface area contributed by atoms with Crippen molar-refractivity contribution in [1.82, 2.24) is 15.1 Å². The Balaban J connectivity index is 1.45. The third kappa shape index (κ3) is 6.01. The molecule has 1 aromatic heterocycles. The molecule has 154 valence electrons. The molecule has 1 aromatic carbocycles. The quantitative estimate of drug-likeness (QED) is 0.406. The van der Waals surface area contributed by atoms with E-state index in [1.807, 2.05) is 18.2 Å². The van der Waals surface area contributed by atoms with E-state index in [-0.39, 0.29) is 29.5 Å². The van der Waals surface area contributed by atoms with Crippen molar-refractivity contribution in [1.29, 1.82) is 0 Å². The van der Waals surface area contributed by atoms with Crippen LogP contribution >= 0.6 is 23.1 Å². The zero-order valence-corrected chi connectivity index (χ0v) is 17.6. The first-order valence-corrected chi connectivity index (χ1v) is 11.1. The van der Waals surface area contributed by atoms with E-state index in [1.165, 1.54) is 23.1 Å². The molecular weight excluding hydrogens is 412 g/mol. The van der Waals surface area contributed by atoms with Gasteiger partial charge in [0.05, 0.1) is 12.4 Å². The summed E-state index contributed by atoms with van der Waals surface area (Å²) < 4.78 is 5.46. The highest BCUT2D eigenvalue weighted by Gasteiger charge is 2.28. The molecule has 1 aliphatic heterocycles. The lowest BCUT2D eigenvalue weighted by Gasteiger charge is -2.31. The number of amides is 2. The monoisotopic (exact) mass is 434 g/mol. The van der Waals surface area contributed by atoms with Crippen LogP contribution in [0.2, 0.25) is 0 Å². The number of esters is 1. The van der Waals surface area contributed by atoms with Gasteiger partial charge in [0.25, 0.3) is 5.91 Å². The smallest absolute Gasteiger partial charge is 0.316 e. The number of hydrogen-bond acceptors (Lipinski definition) is 8. The number of rotatable bonds is 7. The number of ether oxygens (including phenoxy) is 1. The number of anilines is 1. The van der Waals surface area contributed by atoms with E-state index in [9.17, 15) is 14.4 Å². The zero-order valence-electron chi connectivity index (χ0n) is 16.0. The van der Waals surface area contributed by atoms with Crippen molar-refractivity contribution in [3.05, 3.63) is 35.9 Å². The van der Waals surface area contributed by atoms with Gasteiger partial charge in [0.15, 0.2) is 4.34 Å². The minimum absolute atomic E-state index is 0.00292.